The molecular formula is C7H13NO2S. The van der Waals surface area contributed by atoms with E-state index >= 15 is 0 Å². The van der Waals surface area contributed by atoms with Crippen LogP contribution >= 0.6 is 11.9 Å². The van der Waals surface area contributed by atoms with Gasteiger partial charge < -0.3 is 0 Å². The topological polar surface area (TPSA) is 46.2 Å². The van der Waals surface area contributed by atoms with E-state index in [2.05, 4.69) is 11.6 Å². The third-order valence-electron chi connectivity index (χ3n) is 1.08. The summed E-state index contributed by atoms with van der Waals surface area (Å²) in [6, 6.07) is 0. The number of Topliss-reactive ketones (excluding diaryl/α,β-unsaturated/α-hetero) is 1. The molecule has 3 nitrogen and oxygen atoms in total. The van der Waals surface area contributed by atoms with Gasteiger partial charge in [-0.2, -0.15) is 0 Å². The lowest BCUT2D eigenvalue weighted by atomic mass is 10.4. The Kier molecular flexibility index (Phi) is 5.93. The quantitative estimate of drug-likeness (QED) is 0.387. The summed E-state index contributed by atoms with van der Waals surface area (Å²) in [6.45, 7) is 3.34. The largest absolute Gasteiger partial charge is 0.296 e. The number of hydrogen-bond donors (Lipinski definition) is 1. The highest BCUT2D eigenvalue weighted by atomic mass is 32.2. The summed E-state index contributed by atoms with van der Waals surface area (Å²) in [5, 5.41) is 0. The van der Waals surface area contributed by atoms with Crippen molar-refractivity contribution >= 4 is 23.6 Å². The Morgan fingerprint density at radius 3 is 2.55 bits per heavy atom. The van der Waals surface area contributed by atoms with E-state index < -0.39 is 11.7 Å². The van der Waals surface area contributed by atoms with E-state index in [-0.39, 0.29) is 0 Å². The molecule has 0 radical (unpaired) electrons. The van der Waals surface area contributed by atoms with Gasteiger partial charge in [-0.05, 0) is 6.42 Å². The summed E-state index contributed by atoms with van der Waals surface area (Å²) in [5.74, 6) is -0.0738. The Bertz CT molecular complexity index is 147. The molecule has 0 aliphatic heterocycles. The molecular weight excluding hydrogens is 162 g/mol. The summed E-state index contributed by atoms with van der Waals surface area (Å²) in [7, 11) is 0. The maximum atomic E-state index is 10.6. The van der Waals surface area contributed by atoms with Crippen LogP contribution in [0.3, 0.4) is 0 Å². The minimum Gasteiger partial charge on any atom is -0.293 e. The Morgan fingerprint density at radius 1 is 1.45 bits per heavy atom. The summed E-state index contributed by atoms with van der Waals surface area (Å²) < 4.78 is 2.45. The third kappa shape index (κ3) is 5.91. The Labute approximate surface area is 71.1 Å². The molecule has 0 saturated carbocycles. The van der Waals surface area contributed by atoms with E-state index in [0.29, 0.717) is 0 Å². The smallest absolute Gasteiger partial charge is 0.293 e. The predicted molar refractivity (Wildman–Crippen MR) is 46.2 cm³/mol. The van der Waals surface area contributed by atoms with Crippen molar-refractivity contribution in [2.45, 2.75) is 26.7 Å². The minimum atomic E-state index is -0.508. The van der Waals surface area contributed by atoms with Gasteiger partial charge in [0.15, 0.2) is 0 Å². The zero-order valence-electron chi connectivity index (χ0n) is 6.85. The molecule has 0 saturated heterocycles. The van der Waals surface area contributed by atoms with Crippen LogP contribution in [0.25, 0.3) is 0 Å². The SMILES string of the molecule is CCCCSNC(=O)C(C)=O. The maximum absolute atomic E-state index is 10.6. The first-order chi connectivity index (χ1) is 5.18. The van der Waals surface area contributed by atoms with Gasteiger partial charge in [0.05, 0.1) is 0 Å². The highest BCUT2D eigenvalue weighted by molar-refractivity contribution is 7.98. The lowest BCUT2D eigenvalue weighted by Gasteiger charge is -1.99. The van der Waals surface area contributed by atoms with Crippen molar-refractivity contribution < 1.29 is 9.59 Å². The number of hydrogen-bond acceptors (Lipinski definition) is 3. The van der Waals surface area contributed by atoms with Crippen LogP contribution in [0.4, 0.5) is 0 Å². The van der Waals surface area contributed by atoms with Crippen LogP contribution in [0, 0.1) is 0 Å². The molecule has 0 fully saturated rings. The number of unbranched alkanes of at least 4 members (excludes halogenated alkanes) is 1. The molecule has 0 heterocycles. The second-order valence-electron chi connectivity index (χ2n) is 2.19. The van der Waals surface area contributed by atoms with Gasteiger partial charge in [0.1, 0.15) is 0 Å². The maximum Gasteiger partial charge on any atom is 0.296 e. The van der Waals surface area contributed by atoms with Gasteiger partial charge in [-0.1, -0.05) is 25.3 Å². The van der Waals surface area contributed by atoms with Crippen molar-refractivity contribution in [3.8, 4) is 0 Å². The highest BCUT2D eigenvalue weighted by Gasteiger charge is 2.04. The number of ketones is 1. The molecule has 0 rings (SSSR count). The van der Waals surface area contributed by atoms with Crippen molar-refractivity contribution in [2.24, 2.45) is 0 Å². The van der Waals surface area contributed by atoms with E-state index in [4.69, 9.17) is 0 Å². The molecule has 0 atom stereocenters. The Hall–Kier alpha value is -0.510. The summed E-state index contributed by atoms with van der Waals surface area (Å²) >= 11 is 1.29. The second kappa shape index (κ2) is 6.22. The first kappa shape index (κ1) is 10.5. The Morgan fingerprint density at radius 2 is 2.09 bits per heavy atom. The number of carbonyl (C=O) groups is 2. The number of rotatable bonds is 5. The van der Waals surface area contributed by atoms with Crippen LogP contribution in [0.1, 0.15) is 26.7 Å². The molecule has 0 aliphatic rings. The molecule has 0 aliphatic carbocycles. The molecule has 0 aromatic heterocycles. The average molecular weight is 175 g/mol. The van der Waals surface area contributed by atoms with Gasteiger partial charge in [-0.15, -0.1) is 0 Å². The standard InChI is InChI=1S/C7H13NO2S/c1-3-4-5-11-8-7(10)6(2)9/h3-5H2,1-2H3,(H,8,10). The summed E-state index contributed by atoms with van der Waals surface area (Å²) in [4.78, 5) is 21.0. The molecule has 0 spiro atoms. The van der Waals surface area contributed by atoms with Crippen LogP contribution in [-0.2, 0) is 9.59 Å². The first-order valence-electron chi connectivity index (χ1n) is 3.61. The average Bonchev–Trinajstić information content (AvgIpc) is 1.97. The zero-order valence-corrected chi connectivity index (χ0v) is 7.66. The molecule has 11 heavy (non-hydrogen) atoms. The molecule has 64 valence electrons. The van der Waals surface area contributed by atoms with Gasteiger partial charge in [0.2, 0.25) is 5.78 Å². The van der Waals surface area contributed by atoms with E-state index in [0.717, 1.165) is 18.6 Å². The Balaban J connectivity index is 3.25. The van der Waals surface area contributed by atoms with E-state index in [1.165, 1.54) is 18.9 Å². The molecule has 0 aromatic carbocycles. The lowest BCUT2D eigenvalue weighted by Crippen LogP contribution is -2.23. The van der Waals surface area contributed by atoms with Gasteiger partial charge in [-0.3, -0.25) is 14.3 Å². The molecule has 0 unspecified atom stereocenters. The van der Waals surface area contributed by atoms with Gasteiger partial charge in [-0.25, -0.2) is 0 Å². The minimum absolute atomic E-state index is 0.436. The van der Waals surface area contributed by atoms with Crippen LogP contribution in [0.15, 0.2) is 0 Å². The zero-order chi connectivity index (χ0) is 8.69. The lowest BCUT2D eigenvalue weighted by molar-refractivity contribution is -0.135. The van der Waals surface area contributed by atoms with Crippen molar-refractivity contribution in [3.63, 3.8) is 0 Å². The molecule has 0 bridgehead atoms. The van der Waals surface area contributed by atoms with Crippen molar-refractivity contribution in [2.75, 3.05) is 5.75 Å². The monoisotopic (exact) mass is 175 g/mol. The number of carbonyl (C=O) groups excluding carboxylic acids is 2. The highest BCUT2D eigenvalue weighted by Crippen LogP contribution is 1.98. The van der Waals surface area contributed by atoms with Gasteiger partial charge in [0.25, 0.3) is 5.91 Å². The fraction of sp³-hybridized carbons (Fsp3) is 0.714. The molecule has 0 aromatic rings. The third-order valence-corrected chi connectivity index (χ3v) is 1.91. The van der Waals surface area contributed by atoms with Gasteiger partial charge >= 0.3 is 0 Å². The predicted octanol–water partition coefficient (Wildman–Crippen LogP) is 1.14. The van der Waals surface area contributed by atoms with Crippen LogP contribution in [-0.4, -0.2) is 17.4 Å². The number of nitrogens with one attached hydrogen (secondary N) is 1. The normalized spacial score (nSPS) is 9.27. The first-order valence-corrected chi connectivity index (χ1v) is 4.59. The van der Waals surface area contributed by atoms with Crippen LogP contribution in [0.2, 0.25) is 0 Å². The molecule has 1 amide bonds. The van der Waals surface area contributed by atoms with Crippen LogP contribution < -0.4 is 4.72 Å². The van der Waals surface area contributed by atoms with E-state index in [9.17, 15) is 9.59 Å². The second-order valence-corrected chi connectivity index (χ2v) is 3.09. The van der Waals surface area contributed by atoms with Crippen LogP contribution in [0.5, 0.6) is 0 Å². The van der Waals surface area contributed by atoms with Crippen molar-refractivity contribution in [3.05, 3.63) is 0 Å². The van der Waals surface area contributed by atoms with Gasteiger partial charge in [0, 0.05) is 12.7 Å². The van der Waals surface area contributed by atoms with E-state index in [1.807, 2.05) is 0 Å². The van der Waals surface area contributed by atoms with Crippen molar-refractivity contribution in [1.29, 1.82) is 0 Å². The van der Waals surface area contributed by atoms with E-state index in [1.54, 1.807) is 0 Å². The summed E-state index contributed by atoms with van der Waals surface area (Å²) in [6.07, 6.45) is 2.16. The van der Waals surface area contributed by atoms with Crippen molar-refractivity contribution in [1.82, 2.24) is 4.72 Å². The molecule has 4 heteroatoms. The fourth-order valence-electron chi connectivity index (χ4n) is 0.405. The summed E-state index contributed by atoms with van der Waals surface area (Å²) in [5.41, 5.74) is 0. The number of amides is 1. The fourth-order valence-corrected chi connectivity index (χ4v) is 1.21. The molecule has 1 N–H and O–H groups in total.